The Bertz CT molecular complexity index is 1190. The Morgan fingerprint density at radius 1 is 0.913 bits per heavy atom. The summed E-state index contributed by atoms with van der Waals surface area (Å²) in [7, 11) is 0. The highest BCUT2D eigenvalue weighted by Gasteiger charge is 2.14. The number of rotatable bonds is 1. The average Bonchev–Trinajstić information content (AvgIpc) is 2.77. The van der Waals surface area contributed by atoms with Gasteiger partial charge in [0.2, 0.25) is 11.3 Å². The van der Waals surface area contributed by atoms with E-state index in [0.717, 1.165) is 5.56 Å². The van der Waals surface area contributed by atoms with Gasteiger partial charge in [0, 0.05) is 16.3 Å². The predicted molar refractivity (Wildman–Crippen MR) is 83.5 cm³/mol. The van der Waals surface area contributed by atoms with Crippen molar-refractivity contribution >= 4 is 10.8 Å². The lowest BCUT2D eigenvalue weighted by Gasteiger charge is -1.94. The second kappa shape index (κ2) is 5.04. The Kier molecular flexibility index (Phi) is 2.88. The molecule has 23 heavy (non-hydrogen) atoms. The SMILES string of the molecule is N#Cc1nnc(-c2ccccc2)oc2c3ccccc3c(=O)c1=2. The van der Waals surface area contributed by atoms with E-state index in [0.29, 0.717) is 16.2 Å². The second-order valence-electron chi connectivity index (χ2n) is 5.01. The van der Waals surface area contributed by atoms with Gasteiger partial charge in [-0.2, -0.15) is 5.26 Å². The van der Waals surface area contributed by atoms with Gasteiger partial charge in [-0.3, -0.25) is 4.79 Å². The standard InChI is InChI=1S/C18H9N3O2/c19-10-14-15-16(22)12-8-4-5-9-13(12)17(15)23-18(21-20-14)11-6-2-1-3-7-11/h1-9H. The molecule has 2 aromatic rings. The number of hydrogen-bond donors (Lipinski definition) is 0. The summed E-state index contributed by atoms with van der Waals surface area (Å²) in [6.45, 7) is 0. The summed E-state index contributed by atoms with van der Waals surface area (Å²) >= 11 is 0. The normalized spacial score (nSPS) is 10.7. The van der Waals surface area contributed by atoms with Crippen LogP contribution in [0.2, 0.25) is 0 Å². The van der Waals surface area contributed by atoms with Crippen LogP contribution in [0.4, 0.5) is 0 Å². The fraction of sp³-hybridized carbons (Fsp3) is 0. The number of nitriles is 1. The molecule has 5 nitrogen and oxygen atoms in total. The highest BCUT2D eigenvalue weighted by molar-refractivity contribution is 5.84. The Hall–Kier alpha value is -3.52. The quantitative estimate of drug-likeness (QED) is 0.540. The molecule has 1 heterocycles. The predicted octanol–water partition coefficient (Wildman–Crippen LogP) is 2.85. The summed E-state index contributed by atoms with van der Waals surface area (Å²) in [4.78, 5) is 12.6. The summed E-state index contributed by atoms with van der Waals surface area (Å²) < 4.78 is 5.89. The fourth-order valence-corrected chi connectivity index (χ4v) is 2.61. The smallest absolute Gasteiger partial charge is 0.246 e. The van der Waals surface area contributed by atoms with Crippen LogP contribution >= 0.6 is 0 Å². The average molecular weight is 299 g/mol. The zero-order valence-electron chi connectivity index (χ0n) is 11.9. The van der Waals surface area contributed by atoms with E-state index in [1.165, 1.54) is 0 Å². The van der Waals surface area contributed by atoms with Crippen LogP contribution in [-0.2, 0) is 0 Å². The van der Waals surface area contributed by atoms with E-state index < -0.39 is 0 Å². The number of hydrogen-bond acceptors (Lipinski definition) is 5. The van der Waals surface area contributed by atoms with Gasteiger partial charge in [0.25, 0.3) is 0 Å². The maximum atomic E-state index is 12.6. The van der Waals surface area contributed by atoms with Crippen molar-refractivity contribution in [1.82, 2.24) is 10.2 Å². The topological polar surface area (TPSA) is 79.8 Å². The van der Waals surface area contributed by atoms with Gasteiger partial charge < -0.3 is 4.42 Å². The Morgan fingerprint density at radius 3 is 2.35 bits per heavy atom. The zero-order valence-corrected chi connectivity index (χ0v) is 11.9. The third-order valence-electron chi connectivity index (χ3n) is 3.67. The monoisotopic (exact) mass is 299 g/mol. The number of aromatic nitrogens is 2. The number of benzene rings is 2. The minimum absolute atomic E-state index is 0.0351. The minimum Gasteiger partial charge on any atom is -0.435 e. The molecule has 0 atom stereocenters. The molecule has 108 valence electrons. The van der Waals surface area contributed by atoms with Crippen LogP contribution in [0.5, 0.6) is 0 Å². The molecule has 0 saturated carbocycles. The molecule has 0 amide bonds. The van der Waals surface area contributed by atoms with E-state index in [1.807, 2.05) is 42.5 Å². The maximum Gasteiger partial charge on any atom is 0.246 e. The van der Waals surface area contributed by atoms with Crippen LogP contribution in [-0.4, -0.2) is 10.2 Å². The maximum absolute atomic E-state index is 12.6. The van der Waals surface area contributed by atoms with Gasteiger partial charge in [-0.1, -0.05) is 42.5 Å². The summed E-state index contributed by atoms with van der Waals surface area (Å²) in [6, 6.07) is 18.3. The first-order valence-corrected chi connectivity index (χ1v) is 6.97. The molecule has 0 fully saturated rings. The van der Waals surface area contributed by atoms with Gasteiger partial charge in [0.15, 0.2) is 11.1 Å². The summed E-state index contributed by atoms with van der Waals surface area (Å²) in [5.74, 6) is 0.257. The number of nitrogens with zero attached hydrogens (tertiary/aromatic N) is 3. The van der Waals surface area contributed by atoms with Crippen LogP contribution in [0.1, 0.15) is 5.69 Å². The van der Waals surface area contributed by atoms with Crippen molar-refractivity contribution in [3.05, 3.63) is 81.1 Å². The molecule has 1 aliphatic carbocycles. The lowest BCUT2D eigenvalue weighted by Crippen LogP contribution is -1.99. The molecule has 0 saturated heterocycles. The van der Waals surface area contributed by atoms with Crippen LogP contribution in [0.3, 0.4) is 0 Å². The van der Waals surface area contributed by atoms with E-state index in [9.17, 15) is 10.1 Å². The second-order valence-corrected chi connectivity index (χ2v) is 5.01. The lowest BCUT2D eigenvalue weighted by atomic mass is 10.2. The van der Waals surface area contributed by atoms with Crippen molar-refractivity contribution in [2.75, 3.05) is 0 Å². The number of fused-ring (bicyclic) bond motifs is 2. The van der Waals surface area contributed by atoms with Crippen molar-refractivity contribution < 1.29 is 4.42 Å². The molecular weight excluding hydrogens is 290 g/mol. The van der Waals surface area contributed by atoms with Gasteiger partial charge in [-0.05, 0) is 12.1 Å². The molecule has 2 aliphatic rings. The van der Waals surface area contributed by atoms with Crippen molar-refractivity contribution in [3.63, 3.8) is 0 Å². The lowest BCUT2D eigenvalue weighted by molar-refractivity contribution is 0.527. The van der Waals surface area contributed by atoms with E-state index in [1.54, 1.807) is 18.2 Å². The molecular formula is C18H9N3O2. The first kappa shape index (κ1) is 13.2. The Morgan fingerprint density at radius 2 is 1.61 bits per heavy atom. The summed E-state index contributed by atoms with van der Waals surface area (Å²) in [6.07, 6.45) is 0. The van der Waals surface area contributed by atoms with E-state index >= 15 is 0 Å². The van der Waals surface area contributed by atoms with Crippen LogP contribution < -0.4 is 5.43 Å². The van der Waals surface area contributed by atoms with Crippen molar-refractivity contribution in [1.29, 1.82) is 5.26 Å². The van der Waals surface area contributed by atoms with Crippen LogP contribution in [0.25, 0.3) is 22.2 Å². The molecule has 0 radical (unpaired) electrons. The van der Waals surface area contributed by atoms with E-state index in [-0.39, 0.29) is 22.2 Å². The zero-order chi connectivity index (χ0) is 15.8. The molecule has 0 N–H and O–H groups in total. The van der Waals surface area contributed by atoms with Crippen LogP contribution in [0.15, 0.2) is 63.8 Å². The first-order valence-electron chi connectivity index (χ1n) is 6.97. The van der Waals surface area contributed by atoms with E-state index in [4.69, 9.17) is 4.42 Å². The molecule has 0 bridgehead atoms. The van der Waals surface area contributed by atoms with Crippen molar-refractivity contribution in [2.45, 2.75) is 0 Å². The van der Waals surface area contributed by atoms with Crippen molar-refractivity contribution in [3.8, 4) is 17.5 Å². The molecule has 0 aromatic heterocycles. The van der Waals surface area contributed by atoms with Crippen LogP contribution in [0, 0.1) is 22.0 Å². The van der Waals surface area contributed by atoms with E-state index in [2.05, 4.69) is 10.2 Å². The minimum atomic E-state index is -0.264. The molecule has 0 spiro atoms. The van der Waals surface area contributed by atoms with Gasteiger partial charge in [-0.25, -0.2) is 0 Å². The van der Waals surface area contributed by atoms with Crippen molar-refractivity contribution in [2.24, 2.45) is 0 Å². The molecule has 4 rings (SSSR count). The highest BCUT2D eigenvalue weighted by atomic mass is 16.3. The molecule has 0 unspecified atom stereocenters. The fourth-order valence-electron chi connectivity index (χ4n) is 2.61. The Balaban J connectivity index is 2.25. The molecule has 2 aromatic carbocycles. The largest absolute Gasteiger partial charge is 0.435 e. The van der Waals surface area contributed by atoms with Gasteiger partial charge in [-0.15, -0.1) is 10.2 Å². The summed E-state index contributed by atoms with van der Waals surface area (Å²) in [5, 5.41) is 18.6. The summed E-state index contributed by atoms with van der Waals surface area (Å²) in [5.41, 5.74) is 0.762. The van der Waals surface area contributed by atoms with Gasteiger partial charge >= 0.3 is 0 Å². The third kappa shape index (κ3) is 1.97. The van der Waals surface area contributed by atoms with Gasteiger partial charge in [0.1, 0.15) is 11.3 Å². The first-order chi connectivity index (χ1) is 11.3. The molecule has 1 aliphatic heterocycles. The van der Waals surface area contributed by atoms with Gasteiger partial charge in [0.05, 0.1) is 0 Å². The third-order valence-corrected chi connectivity index (χ3v) is 3.67. The Labute approximate surface area is 130 Å². The molecule has 5 heteroatoms. The highest BCUT2D eigenvalue weighted by Crippen LogP contribution is 2.20.